The second-order valence-corrected chi connectivity index (χ2v) is 6.64. The third-order valence-electron chi connectivity index (χ3n) is 3.08. The van der Waals surface area contributed by atoms with Gasteiger partial charge in [-0.1, -0.05) is 17.7 Å². The van der Waals surface area contributed by atoms with Crippen molar-refractivity contribution in [1.82, 2.24) is 0 Å². The van der Waals surface area contributed by atoms with Gasteiger partial charge in [0.05, 0.1) is 11.1 Å². The maximum absolute atomic E-state index is 12.8. The highest BCUT2D eigenvalue weighted by atomic mass is 32.2. The topological polar surface area (TPSA) is 43.4 Å². The quantitative estimate of drug-likeness (QED) is 0.564. The van der Waals surface area contributed by atoms with E-state index in [1.807, 2.05) is 0 Å². The van der Waals surface area contributed by atoms with E-state index in [0.717, 1.165) is 5.56 Å². The Morgan fingerprint density at radius 2 is 1.24 bits per heavy atom. The van der Waals surface area contributed by atoms with Crippen LogP contribution in [0.4, 0.5) is 26.3 Å². The van der Waals surface area contributed by atoms with Gasteiger partial charge >= 0.3 is 22.5 Å². The summed E-state index contributed by atoms with van der Waals surface area (Å²) < 4.78 is 106. The number of halogens is 6. The van der Waals surface area contributed by atoms with E-state index >= 15 is 0 Å². The Hall–Kier alpha value is -2.23. The first-order valence-electron chi connectivity index (χ1n) is 6.60. The minimum absolute atomic E-state index is 0.0960. The van der Waals surface area contributed by atoms with Crippen LogP contribution in [-0.2, 0) is 22.5 Å². The maximum atomic E-state index is 12.8. The Bertz CT molecular complexity index is 835. The molecule has 0 N–H and O–H groups in total. The average Bonchev–Trinajstić information content (AvgIpc) is 2.47. The Labute approximate surface area is 139 Å². The van der Waals surface area contributed by atoms with Crippen LogP contribution >= 0.6 is 0 Å². The molecule has 0 amide bonds. The highest BCUT2D eigenvalue weighted by molar-refractivity contribution is 7.87. The predicted molar refractivity (Wildman–Crippen MR) is 75.4 cm³/mol. The fraction of sp³-hybridized carbons (Fsp3) is 0.200. The Kier molecular flexibility index (Phi) is 4.77. The van der Waals surface area contributed by atoms with Gasteiger partial charge in [-0.05, 0) is 37.3 Å². The Morgan fingerprint density at radius 3 is 1.64 bits per heavy atom. The summed E-state index contributed by atoms with van der Waals surface area (Å²) in [6, 6.07) is 5.43. The summed E-state index contributed by atoms with van der Waals surface area (Å²) in [4.78, 5) is -1.24. The fourth-order valence-corrected chi connectivity index (χ4v) is 2.84. The zero-order valence-electron chi connectivity index (χ0n) is 12.4. The molecule has 0 aliphatic heterocycles. The summed E-state index contributed by atoms with van der Waals surface area (Å²) in [6.45, 7) is 1.70. The van der Waals surface area contributed by atoms with E-state index < -0.39 is 38.5 Å². The lowest BCUT2D eigenvalue weighted by Crippen LogP contribution is -2.16. The van der Waals surface area contributed by atoms with Gasteiger partial charge in [-0.2, -0.15) is 34.8 Å². The third-order valence-corrected chi connectivity index (χ3v) is 4.30. The average molecular weight is 384 g/mol. The minimum atomic E-state index is -5.16. The number of hydrogen-bond acceptors (Lipinski definition) is 3. The second kappa shape index (κ2) is 6.25. The number of hydrogen-bond donors (Lipinski definition) is 0. The number of benzene rings is 2. The molecule has 136 valence electrons. The van der Waals surface area contributed by atoms with Gasteiger partial charge in [0, 0.05) is 0 Å². The van der Waals surface area contributed by atoms with Crippen LogP contribution < -0.4 is 4.18 Å². The number of alkyl halides is 6. The van der Waals surface area contributed by atoms with Crippen molar-refractivity contribution in [3.05, 3.63) is 59.2 Å². The van der Waals surface area contributed by atoms with Gasteiger partial charge in [0.1, 0.15) is 10.6 Å². The summed E-state index contributed by atoms with van der Waals surface area (Å²) >= 11 is 0. The zero-order valence-corrected chi connectivity index (χ0v) is 13.3. The molecule has 0 heterocycles. The summed E-state index contributed by atoms with van der Waals surface area (Å²) in [5.74, 6) is -0.239. The summed E-state index contributed by atoms with van der Waals surface area (Å²) in [5, 5.41) is 0. The van der Waals surface area contributed by atoms with Gasteiger partial charge in [-0.25, -0.2) is 0 Å². The first kappa shape index (κ1) is 19.1. The maximum Gasteiger partial charge on any atom is 0.416 e. The van der Waals surface area contributed by atoms with Gasteiger partial charge in [-0.3, -0.25) is 0 Å². The van der Waals surface area contributed by atoms with Gasteiger partial charge in [0.15, 0.2) is 0 Å². The van der Waals surface area contributed by atoms with Gasteiger partial charge in [0.25, 0.3) is 0 Å². The van der Waals surface area contributed by atoms with Crippen LogP contribution in [0.2, 0.25) is 0 Å². The summed E-state index contributed by atoms with van der Waals surface area (Å²) in [6.07, 6.45) is -10.3. The highest BCUT2D eigenvalue weighted by Gasteiger charge is 2.38. The van der Waals surface area contributed by atoms with Crippen LogP contribution in [-0.4, -0.2) is 8.42 Å². The van der Waals surface area contributed by atoms with Crippen molar-refractivity contribution >= 4 is 10.1 Å². The third kappa shape index (κ3) is 4.65. The van der Waals surface area contributed by atoms with E-state index in [2.05, 4.69) is 4.18 Å². The monoisotopic (exact) mass is 384 g/mol. The molecule has 0 bridgehead atoms. The van der Waals surface area contributed by atoms with Crippen LogP contribution in [0.15, 0.2) is 47.4 Å². The lowest BCUT2D eigenvalue weighted by atomic mass is 10.1. The molecule has 2 rings (SSSR count). The van der Waals surface area contributed by atoms with E-state index in [9.17, 15) is 34.8 Å². The summed E-state index contributed by atoms with van der Waals surface area (Å²) in [7, 11) is -4.89. The Balaban J connectivity index is 2.54. The van der Waals surface area contributed by atoms with Crippen molar-refractivity contribution in [2.75, 3.05) is 0 Å². The molecule has 0 aliphatic carbocycles. The molecule has 0 fully saturated rings. The van der Waals surface area contributed by atoms with Crippen LogP contribution in [0.5, 0.6) is 5.75 Å². The standard InChI is InChI=1S/C15H10F6O3S/c1-9-2-4-12(5-3-9)24-25(22,23)13-7-10(14(16,17)18)6-11(8-13)15(19,20)21/h2-8H,1H3. The van der Waals surface area contributed by atoms with Gasteiger partial charge in [0.2, 0.25) is 0 Å². The molecule has 0 atom stereocenters. The van der Waals surface area contributed by atoms with Crippen LogP contribution in [0.1, 0.15) is 16.7 Å². The lowest BCUT2D eigenvalue weighted by Gasteiger charge is -2.14. The van der Waals surface area contributed by atoms with E-state index in [4.69, 9.17) is 0 Å². The van der Waals surface area contributed by atoms with Crippen molar-refractivity contribution < 1.29 is 38.9 Å². The molecule has 0 aromatic heterocycles. The van der Waals surface area contributed by atoms with Crippen LogP contribution in [0.3, 0.4) is 0 Å². The summed E-state index contributed by atoms with van der Waals surface area (Å²) in [5.41, 5.74) is -2.73. The molecule has 0 saturated carbocycles. The predicted octanol–water partition coefficient (Wildman–Crippen LogP) is 4.80. The molecule has 0 radical (unpaired) electrons. The molecule has 10 heteroatoms. The van der Waals surface area contributed by atoms with E-state index in [1.165, 1.54) is 24.3 Å². The molecule has 0 saturated heterocycles. The zero-order chi connectivity index (χ0) is 19.0. The molecule has 2 aromatic carbocycles. The van der Waals surface area contributed by atoms with E-state index in [1.54, 1.807) is 6.92 Å². The van der Waals surface area contributed by atoms with Gasteiger partial charge in [-0.15, -0.1) is 0 Å². The van der Waals surface area contributed by atoms with Crippen molar-refractivity contribution in [1.29, 1.82) is 0 Å². The Morgan fingerprint density at radius 1 is 0.800 bits per heavy atom. The molecule has 3 nitrogen and oxygen atoms in total. The van der Waals surface area contributed by atoms with Crippen LogP contribution in [0.25, 0.3) is 0 Å². The van der Waals surface area contributed by atoms with Crippen molar-refractivity contribution in [2.45, 2.75) is 24.2 Å². The van der Waals surface area contributed by atoms with E-state index in [0.29, 0.717) is 0 Å². The number of aryl methyl sites for hydroxylation is 1. The molecule has 25 heavy (non-hydrogen) atoms. The molecular formula is C15H10F6O3S. The normalized spacial score (nSPS) is 12.9. The molecule has 0 spiro atoms. The number of rotatable bonds is 3. The SMILES string of the molecule is Cc1ccc(OS(=O)(=O)c2cc(C(F)(F)F)cc(C(F)(F)F)c2)cc1. The largest absolute Gasteiger partial charge is 0.416 e. The fourth-order valence-electron chi connectivity index (χ4n) is 1.84. The van der Waals surface area contributed by atoms with E-state index in [-0.39, 0.29) is 23.9 Å². The lowest BCUT2D eigenvalue weighted by molar-refractivity contribution is -0.143. The van der Waals surface area contributed by atoms with Gasteiger partial charge < -0.3 is 4.18 Å². The van der Waals surface area contributed by atoms with Crippen molar-refractivity contribution in [3.63, 3.8) is 0 Å². The smallest absolute Gasteiger partial charge is 0.379 e. The first-order valence-corrected chi connectivity index (χ1v) is 8.00. The molecular weight excluding hydrogens is 374 g/mol. The van der Waals surface area contributed by atoms with Crippen molar-refractivity contribution in [2.24, 2.45) is 0 Å². The molecule has 0 unspecified atom stereocenters. The molecule has 2 aromatic rings. The van der Waals surface area contributed by atoms with Crippen LogP contribution in [0, 0.1) is 6.92 Å². The highest BCUT2D eigenvalue weighted by Crippen LogP contribution is 2.37. The molecule has 0 aliphatic rings. The minimum Gasteiger partial charge on any atom is -0.379 e. The van der Waals surface area contributed by atoms with Crippen molar-refractivity contribution in [3.8, 4) is 5.75 Å². The second-order valence-electron chi connectivity index (χ2n) is 5.09. The first-order chi connectivity index (χ1) is 11.3.